The molecule has 1 aliphatic rings. The first-order valence-electron chi connectivity index (χ1n) is 7.42. The fraction of sp³-hybridized carbons (Fsp3) is 0.333. The molecule has 0 bridgehead atoms. The molecule has 0 saturated carbocycles. The Bertz CT molecular complexity index is 581. The predicted molar refractivity (Wildman–Crippen MR) is 84.1 cm³/mol. The quantitative estimate of drug-likeness (QED) is 0.790. The van der Waals surface area contributed by atoms with Crippen LogP contribution in [-0.4, -0.2) is 29.0 Å². The maximum Gasteiger partial charge on any atom is 0.0652 e. The highest BCUT2D eigenvalue weighted by molar-refractivity contribution is 5.78. The molecule has 0 aromatic heterocycles. The van der Waals surface area contributed by atoms with Gasteiger partial charge in [0.2, 0.25) is 0 Å². The fourth-order valence-corrected chi connectivity index (χ4v) is 3.08. The van der Waals surface area contributed by atoms with Crippen LogP contribution in [0, 0.1) is 0 Å². The lowest BCUT2D eigenvalue weighted by molar-refractivity contribution is 0.0817. The van der Waals surface area contributed by atoms with Crippen molar-refractivity contribution in [1.29, 1.82) is 0 Å². The van der Waals surface area contributed by atoms with E-state index in [4.69, 9.17) is 0 Å². The number of rotatable bonds is 5. The van der Waals surface area contributed by atoms with E-state index in [-0.39, 0.29) is 19.3 Å². The first kappa shape index (κ1) is 14.3. The van der Waals surface area contributed by atoms with Crippen molar-refractivity contribution in [2.45, 2.75) is 24.9 Å². The monoisotopic (exact) mass is 283 g/mol. The van der Waals surface area contributed by atoms with Gasteiger partial charge in [0, 0.05) is 0 Å². The summed E-state index contributed by atoms with van der Waals surface area (Å²) in [5.41, 5.74) is 4.21. The summed E-state index contributed by atoms with van der Waals surface area (Å²) in [6.07, 6.45) is 0.667. The number of aliphatic hydroxyl groups is 2. The molecule has 0 fully saturated rings. The van der Waals surface area contributed by atoms with Gasteiger partial charge in [-0.1, -0.05) is 55.5 Å². The van der Waals surface area contributed by atoms with Crippen molar-refractivity contribution in [3.05, 3.63) is 59.7 Å². The van der Waals surface area contributed by atoms with Gasteiger partial charge in [-0.3, -0.25) is 5.32 Å². The zero-order valence-electron chi connectivity index (χ0n) is 12.2. The molecule has 2 aromatic carbocycles. The second-order valence-electron chi connectivity index (χ2n) is 5.70. The van der Waals surface area contributed by atoms with Crippen LogP contribution >= 0.6 is 0 Å². The standard InChI is InChI=1S/C18H21NO2/c1-2-18(11-20,12-21)19-17-15-9-5-3-7-13(15)14-8-4-6-10-16(14)17/h3-10,17,19-21H,2,11-12H2,1H3. The number of fused-ring (bicyclic) bond motifs is 3. The molecule has 2 aromatic rings. The van der Waals surface area contributed by atoms with Gasteiger partial charge in [0.25, 0.3) is 0 Å². The highest BCUT2D eigenvalue weighted by atomic mass is 16.3. The van der Waals surface area contributed by atoms with E-state index in [1.54, 1.807) is 0 Å². The minimum Gasteiger partial charge on any atom is -0.394 e. The fourth-order valence-electron chi connectivity index (χ4n) is 3.08. The maximum atomic E-state index is 9.71. The average Bonchev–Trinajstić information content (AvgIpc) is 2.87. The van der Waals surface area contributed by atoms with Gasteiger partial charge in [-0.2, -0.15) is 0 Å². The molecular formula is C18H21NO2. The summed E-state index contributed by atoms with van der Waals surface area (Å²) >= 11 is 0. The molecule has 0 atom stereocenters. The highest BCUT2D eigenvalue weighted by Gasteiger charge is 2.35. The Hall–Kier alpha value is -1.68. The van der Waals surface area contributed by atoms with Gasteiger partial charge in [0.1, 0.15) is 0 Å². The first-order chi connectivity index (χ1) is 10.2. The summed E-state index contributed by atoms with van der Waals surface area (Å²) in [4.78, 5) is 0. The Morgan fingerprint density at radius 2 is 1.38 bits per heavy atom. The smallest absolute Gasteiger partial charge is 0.0652 e. The highest BCUT2D eigenvalue weighted by Crippen LogP contribution is 2.43. The van der Waals surface area contributed by atoms with Gasteiger partial charge in [-0.05, 0) is 28.7 Å². The molecule has 21 heavy (non-hydrogen) atoms. The van der Waals surface area contributed by atoms with E-state index in [0.717, 1.165) is 0 Å². The summed E-state index contributed by atoms with van der Waals surface area (Å²) in [5, 5.41) is 22.9. The number of nitrogens with one attached hydrogen (secondary N) is 1. The van der Waals surface area contributed by atoms with E-state index in [9.17, 15) is 10.2 Å². The van der Waals surface area contributed by atoms with Crippen molar-refractivity contribution in [1.82, 2.24) is 5.32 Å². The van der Waals surface area contributed by atoms with Crippen LogP contribution in [0.25, 0.3) is 11.1 Å². The van der Waals surface area contributed by atoms with Crippen molar-refractivity contribution in [3.63, 3.8) is 0 Å². The van der Waals surface area contributed by atoms with Crippen molar-refractivity contribution in [2.24, 2.45) is 0 Å². The van der Waals surface area contributed by atoms with E-state index in [0.29, 0.717) is 6.42 Å². The minimum atomic E-state index is -0.658. The molecule has 110 valence electrons. The number of hydrogen-bond donors (Lipinski definition) is 3. The molecular weight excluding hydrogens is 262 g/mol. The van der Waals surface area contributed by atoms with Crippen LogP contribution in [0.3, 0.4) is 0 Å². The third kappa shape index (κ3) is 2.27. The molecule has 3 heteroatoms. The summed E-state index contributed by atoms with van der Waals surface area (Å²) in [6, 6.07) is 16.6. The van der Waals surface area contributed by atoms with Crippen LogP contribution in [0.5, 0.6) is 0 Å². The largest absolute Gasteiger partial charge is 0.394 e. The SMILES string of the molecule is CCC(CO)(CO)NC1c2ccccc2-c2ccccc21. The van der Waals surface area contributed by atoms with Gasteiger partial charge in [0.15, 0.2) is 0 Å². The Kier molecular flexibility index (Phi) is 3.81. The maximum absolute atomic E-state index is 9.71. The summed E-state index contributed by atoms with van der Waals surface area (Å²) in [5.74, 6) is 0. The van der Waals surface area contributed by atoms with Crippen LogP contribution in [0.15, 0.2) is 48.5 Å². The second kappa shape index (κ2) is 5.60. The first-order valence-corrected chi connectivity index (χ1v) is 7.42. The van der Waals surface area contributed by atoms with E-state index in [1.165, 1.54) is 22.3 Å². The minimum absolute atomic E-state index is 0.0108. The number of benzene rings is 2. The Labute approximate surface area is 125 Å². The third-order valence-electron chi connectivity index (χ3n) is 4.57. The molecule has 0 amide bonds. The van der Waals surface area contributed by atoms with Gasteiger partial charge in [-0.15, -0.1) is 0 Å². The van der Waals surface area contributed by atoms with Crippen molar-refractivity contribution in [3.8, 4) is 11.1 Å². The predicted octanol–water partition coefficient (Wildman–Crippen LogP) is 2.48. The van der Waals surface area contributed by atoms with Crippen LogP contribution < -0.4 is 5.32 Å². The summed E-state index contributed by atoms with van der Waals surface area (Å²) in [7, 11) is 0. The van der Waals surface area contributed by atoms with Crippen LogP contribution in [-0.2, 0) is 0 Å². The van der Waals surface area contributed by atoms with Crippen LogP contribution in [0.4, 0.5) is 0 Å². The molecule has 0 heterocycles. The Morgan fingerprint density at radius 1 is 0.905 bits per heavy atom. The van der Waals surface area contributed by atoms with E-state index >= 15 is 0 Å². The van der Waals surface area contributed by atoms with E-state index in [2.05, 4.69) is 29.6 Å². The van der Waals surface area contributed by atoms with Gasteiger partial charge >= 0.3 is 0 Å². The molecule has 3 nitrogen and oxygen atoms in total. The van der Waals surface area contributed by atoms with Crippen molar-refractivity contribution in [2.75, 3.05) is 13.2 Å². The lowest BCUT2D eigenvalue weighted by Crippen LogP contribution is -2.52. The molecule has 0 aliphatic heterocycles. The molecule has 1 aliphatic carbocycles. The zero-order valence-corrected chi connectivity index (χ0v) is 12.2. The molecule has 3 rings (SSSR count). The van der Waals surface area contributed by atoms with Crippen LogP contribution in [0.2, 0.25) is 0 Å². The Balaban J connectivity index is 2.07. The molecule has 0 unspecified atom stereocenters. The average molecular weight is 283 g/mol. The molecule has 0 saturated heterocycles. The normalized spacial score (nSPS) is 14.0. The lowest BCUT2D eigenvalue weighted by atomic mass is 9.94. The topological polar surface area (TPSA) is 52.5 Å². The zero-order chi connectivity index (χ0) is 14.9. The third-order valence-corrected chi connectivity index (χ3v) is 4.57. The van der Waals surface area contributed by atoms with Crippen molar-refractivity contribution >= 4 is 0 Å². The molecule has 0 spiro atoms. The number of hydrogen-bond acceptors (Lipinski definition) is 3. The number of aliphatic hydroxyl groups excluding tert-OH is 2. The summed E-state index contributed by atoms with van der Waals surface area (Å²) in [6.45, 7) is 1.81. The summed E-state index contributed by atoms with van der Waals surface area (Å²) < 4.78 is 0. The van der Waals surface area contributed by atoms with Crippen molar-refractivity contribution < 1.29 is 10.2 Å². The lowest BCUT2D eigenvalue weighted by Gasteiger charge is -2.34. The Morgan fingerprint density at radius 3 is 1.81 bits per heavy atom. The van der Waals surface area contributed by atoms with Gasteiger partial charge < -0.3 is 10.2 Å². The van der Waals surface area contributed by atoms with E-state index in [1.807, 2.05) is 31.2 Å². The van der Waals surface area contributed by atoms with Crippen LogP contribution in [0.1, 0.15) is 30.5 Å². The second-order valence-corrected chi connectivity index (χ2v) is 5.70. The van der Waals surface area contributed by atoms with Gasteiger partial charge in [0.05, 0.1) is 24.8 Å². The van der Waals surface area contributed by atoms with E-state index < -0.39 is 5.54 Å². The van der Waals surface area contributed by atoms with Gasteiger partial charge in [-0.25, -0.2) is 0 Å². The molecule has 0 radical (unpaired) electrons. The molecule has 3 N–H and O–H groups in total.